The first-order valence-corrected chi connectivity index (χ1v) is 8.54. The van der Waals surface area contributed by atoms with E-state index in [1.807, 2.05) is 42.5 Å². The fourth-order valence-corrected chi connectivity index (χ4v) is 2.47. The molecule has 7 heteroatoms. The number of hydrogen-bond acceptors (Lipinski definition) is 6. The van der Waals surface area contributed by atoms with Gasteiger partial charge in [0.15, 0.2) is 0 Å². The van der Waals surface area contributed by atoms with Gasteiger partial charge in [-0.15, -0.1) is 0 Å². The number of rotatable bonds is 8. The first kappa shape index (κ1) is 18.2. The van der Waals surface area contributed by atoms with Crippen molar-refractivity contribution in [3.63, 3.8) is 0 Å². The summed E-state index contributed by atoms with van der Waals surface area (Å²) in [5, 5.41) is 9.28. The molecule has 0 saturated carbocycles. The minimum Gasteiger partial charge on any atom is -0.497 e. The van der Waals surface area contributed by atoms with Gasteiger partial charge in [-0.3, -0.25) is 9.78 Å². The molecular weight excluding hydrogens is 342 g/mol. The van der Waals surface area contributed by atoms with Gasteiger partial charge in [0.05, 0.1) is 24.6 Å². The molecule has 7 nitrogen and oxygen atoms in total. The Kier molecular flexibility index (Phi) is 6.19. The molecule has 0 saturated heterocycles. The van der Waals surface area contributed by atoms with Crippen LogP contribution in [0.2, 0.25) is 0 Å². The lowest BCUT2D eigenvalue weighted by atomic mass is 10.1. The van der Waals surface area contributed by atoms with Crippen molar-refractivity contribution >= 4 is 23.1 Å². The fraction of sp³-hybridized carbons (Fsp3) is 0.150. The maximum Gasteiger partial charge on any atom is 0.253 e. The third kappa shape index (κ3) is 5.18. The van der Waals surface area contributed by atoms with Crippen LogP contribution in [0.4, 0.5) is 17.2 Å². The normalized spacial score (nSPS) is 10.1. The van der Waals surface area contributed by atoms with Crippen LogP contribution < -0.4 is 20.7 Å². The molecule has 3 aromatic rings. The topological polar surface area (TPSA) is 88.2 Å². The number of ether oxygens (including phenoxy) is 1. The quantitative estimate of drug-likeness (QED) is 0.533. The lowest BCUT2D eigenvalue weighted by Gasteiger charge is -2.13. The predicted octanol–water partition coefficient (Wildman–Crippen LogP) is 3.07. The second-order valence-corrected chi connectivity index (χ2v) is 5.67. The van der Waals surface area contributed by atoms with Gasteiger partial charge in [-0.25, -0.2) is 4.98 Å². The Morgan fingerprint density at radius 3 is 2.59 bits per heavy atom. The van der Waals surface area contributed by atoms with Crippen LogP contribution in [0.25, 0.3) is 0 Å². The van der Waals surface area contributed by atoms with E-state index in [0.717, 1.165) is 17.1 Å². The monoisotopic (exact) mass is 363 g/mol. The van der Waals surface area contributed by atoms with Gasteiger partial charge in [-0.05, 0) is 36.4 Å². The average molecular weight is 363 g/mol. The number of amides is 1. The smallest absolute Gasteiger partial charge is 0.253 e. The van der Waals surface area contributed by atoms with Crippen molar-refractivity contribution < 1.29 is 9.53 Å². The third-order valence-electron chi connectivity index (χ3n) is 3.82. The van der Waals surface area contributed by atoms with Gasteiger partial charge >= 0.3 is 0 Å². The van der Waals surface area contributed by atoms with Crippen LogP contribution in [0.1, 0.15) is 10.4 Å². The van der Waals surface area contributed by atoms with Crippen LogP contribution in [0.3, 0.4) is 0 Å². The first-order chi connectivity index (χ1) is 13.3. The minimum absolute atomic E-state index is 0.146. The Morgan fingerprint density at radius 1 is 1.04 bits per heavy atom. The number of nitrogens with one attached hydrogen (secondary N) is 3. The van der Waals surface area contributed by atoms with E-state index < -0.39 is 0 Å². The lowest BCUT2D eigenvalue weighted by Crippen LogP contribution is -2.29. The SMILES string of the molecule is COc1ccc(Nc2ccccc2C(=O)NCCNc2cnccn2)cc1. The second kappa shape index (κ2) is 9.19. The van der Waals surface area contributed by atoms with Gasteiger partial charge in [-0.2, -0.15) is 0 Å². The highest BCUT2D eigenvalue weighted by atomic mass is 16.5. The molecule has 3 rings (SSSR count). The highest BCUT2D eigenvalue weighted by molar-refractivity contribution is 6.00. The fourth-order valence-electron chi connectivity index (χ4n) is 2.47. The van der Waals surface area contributed by atoms with E-state index in [9.17, 15) is 4.79 Å². The van der Waals surface area contributed by atoms with E-state index in [-0.39, 0.29) is 5.91 Å². The highest BCUT2D eigenvalue weighted by Crippen LogP contribution is 2.22. The van der Waals surface area contributed by atoms with Crippen molar-refractivity contribution in [2.24, 2.45) is 0 Å². The molecule has 0 aliphatic rings. The van der Waals surface area contributed by atoms with Crippen molar-refractivity contribution in [3.8, 4) is 5.75 Å². The third-order valence-corrected chi connectivity index (χ3v) is 3.82. The van der Waals surface area contributed by atoms with Gasteiger partial charge in [-0.1, -0.05) is 12.1 Å². The summed E-state index contributed by atoms with van der Waals surface area (Å²) in [5.41, 5.74) is 2.19. The number of anilines is 3. The molecule has 0 fully saturated rings. The molecule has 138 valence electrons. The van der Waals surface area contributed by atoms with Crippen LogP contribution >= 0.6 is 0 Å². The largest absolute Gasteiger partial charge is 0.497 e. The Labute approximate surface area is 157 Å². The molecule has 0 bridgehead atoms. The van der Waals surface area contributed by atoms with E-state index in [1.165, 1.54) is 0 Å². The number of aromatic nitrogens is 2. The molecule has 0 aliphatic heterocycles. The number of hydrogen-bond donors (Lipinski definition) is 3. The van der Waals surface area contributed by atoms with E-state index in [0.29, 0.717) is 24.5 Å². The number of carbonyl (C=O) groups excluding carboxylic acids is 1. The second-order valence-electron chi connectivity index (χ2n) is 5.67. The molecule has 0 aliphatic carbocycles. The number of para-hydroxylation sites is 1. The van der Waals surface area contributed by atoms with Crippen molar-refractivity contribution in [1.29, 1.82) is 0 Å². The van der Waals surface area contributed by atoms with Crippen molar-refractivity contribution in [2.75, 3.05) is 30.8 Å². The Morgan fingerprint density at radius 2 is 1.85 bits per heavy atom. The summed E-state index contributed by atoms with van der Waals surface area (Å²) in [6.07, 6.45) is 4.86. The van der Waals surface area contributed by atoms with Crippen molar-refractivity contribution in [2.45, 2.75) is 0 Å². The summed E-state index contributed by atoms with van der Waals surface area (Å²) in [6.45, 7) is 1.02. The van der Waals surface area contributed by atoms with Crippen LogP contribution in [-0.4, -0.2) is 36.1 Å². The Balaban J connectivity index is 1.58. The van der Waals surface area contributed by atoms with E-state index in [1.54, 1.807) is 31.8 Å². The van der Waals surface area contributed by atoms with Crippen LogP contribution in [0.5, 0.6) is 5.75 Å². The molecule has 3 N–H and O–H groups in total. The summed E-state index contributed by atoms with van der Waals surface area (Å²) in [5.74, 6) is 1.31. The Hall–Kier alpha value is -3.61. The summed E-state index contributed by atoms with van der Waals surface area (Å²) >= 11 is 0. The zero-order chi connectivity index (χ0) is 18.9. The van der Waals surface area contributed by atoms with Crippen LogP contribution in [0, 0.1) is 0 Å². The van der Waals surface area contributed by atoms with Crippen LogP contribution in [-0.2, 0) is 0 Å². The molecule has 0 radical (unpaired) electrons. The summed E-state index contributed by atoms with van der Waals surface area (Å²) < 4.78 is 5.16. The summed E-state index contributed by atoms with van der Waals surface area (Å²) in [4.78, 5) is 20.6. The number of benzene rings is 2. The van der Waals surface area contributed by atoms with E-state index in [4.69, 9.17) is 4.74 Å². The van der Waals surface area contributed by atoms with Gasteiger partial charge in [0, 0.05) is 31.2 Å². The van der Waals surface area contributed by atoms with Gasteiger partial charge < -0.3 is 20.7 Å². The zero-order valence-corrected chi connectivity index (χ0v) is 15.0. The zero-order valence-electron chi connectivity index (χ0n) is 15.0. The van der Waals surface area contributed by atoms with E-state index in [2.05, 4.69) is 25.9 Å². The number of nitrogens with zero attached hydrogens (tertiary/aromatic N) is 2. The maximum absolute atomic E-state index is 12.5. The molecule has 0 unspecified atom stereocenters. The van der Waals surface area contributed by atoms with Crippen LogP contribution in [0.15, 0.2) is 67.1 Å². The van der Waals surface area contributed by atoms with Gasteiger partial charge in [0.1, 0.15) is 11.6 Å². The molecule has 1 amide bonds. The Bertz CT molecular complexity index is 869. The molecule has 0 spiro atoms. The predicted molar refractivity (Wildman–Crippen MR) is 106 cm³/mol. The van der Waals surface area contributed by atoms with Gasteiger partial charge in [0.2, 0.25) is 0 Å². The molecule has 27 heavy (non-hydrogen) atoms. The summed E-state index contributed by atoms with van der Waals surface area (Å²) in [6, 6.07) is 14.9. The first-order valence-electron chi connectivity index (χ1n) is 8.54. The van der Waals surface area contributed by atoms with E-state index >= 15 is 0 Å². The number of methoxy groups -OCH3 is 1. The molecule has 1 heterocycles. The van der Waals surface area contributed by atoms with Gasteiger partial charge in [0.25, 0.3) is 5.91 Å². The van der Waals surface area contributed by atoms with Crippen molar-refractivity contribution in [3.05, 3.63) is 72.7 Å². The standard InChI is InChI=1S/C20H21N5O2/c1-27-16-8-6-15(7-9-16)25-18-5-3-2-4-17(18)20(26)24-13-12-23-19-14-21-10-11-22-19/h2-11,14,25H,12-13H2,1H3,(H,22,23)(H,24,26). The van der Waals surface area contributed by atoms with Crippen molar-refractivity contribution in [1.82, 2.24) is 15.3 Å². The molecule has 2 aromatic carbocycles. The average Bonchev–Trinajstić information content (AvgIpc) is 2.73. The lowest BCUT2D eigenvalue weighted by molar-refractivity contribution is 0.0956. The minimum atomic E-state index is -0.146. The number of carbonyl (C=O) groups is 1. The molecule has 1 aromatic heterocycles. The molecule has 0 atom stereocenters. The maximum atomic E-state index is 12.5. The summed E-state index contributed by atoms with van der Waals surface area (Å²) in [7, 11) is 1.63. The molecular formula is C20H21N5O2. The highest BCUT2D eigenvalue weighted by Gasteiger charge is 2.10.